The number of carbonyl (C=O) groups is 2. The zero-order valence-corrected chi connectivity index (χ0v) is 10.8. The molecular formula is C11H20N2O7. The maximum Gasteiger partial charge on any atom is 0.323 e. The lowest BCUT2D eigenvalue weighted by Crippen LogP contribution is -2.57. The lowest BCUT2D eigenvalue weighted by Gasteiger charge is -2.34. The first kappa shape index (κ1) is 16.8. The van der Waals surface area contributed by atoms with E-state index in [2.05, 4.69) is 5.32 Å². The summed E-state index contributed by atoms with van der Waals surface area (Å²) in [5, 5.41) is 39.9. The van der Waals surface area contributed by atoms with Gasteiger partial charge in [0.05, 0.1) is 6.61 Å². The van der Waals surface area contributed by atoms with Crippen molar-refractivity contribution >= 4 is 11.9 Å². The van der Waals surface area contributed by atoms with Gasteiger partial charge in [0.2, 0.25) is 5.91 Å². The van der Waals surface area contributed by atoms with E-state index in [1.54, 1.807) is 0 Å². The summed E-state index contributed by atoms with van der Waals surface area (Å²) in [7, 11) is 0. The molecule has 0 bridgehead atoms. The summed E-state index contributed by atoms with van der Waals surface area (Å²) in [6.07, 6.45) is -5.56. The Morgan fingerprint density at radius 2 is 2.10 bits per heavy atom. The number of morpholine rings is 1. The minimum Gasteiger partial charge on any atom is -0.457 e. The number of amides is 1. The lowest BCUT2D eigenvalue weighted by molar-refractivity contribution is -0.175. The third-order valence-electron chi connectivity index (χ3n) is 3.11. The van der Waals surface area contributed by atoms with Gasteiger partial charge in [-0.2, -0.15) is 0 Å². The molecule has 0 saturated carbocycles. The second-order valence-corrected chi connectivity index (χ2v) is 4.67. The second kappa shape index (κ2) is 7.50. The first-order valence-electron chi connectivity index (χ1n) is 6.24. The molecule has 1 saturated heterocycles. The average Bonchev–Trinajstić information content (AvgIpc) is 2.43. The van der Waals surface area contributed by atoms with Gasteiger partial charge in [0, 0.05) is 13.0 Å². The summed E-state index contributed by atoms with van der Waals surface area (Å²) < 4.78 is 4.95. The molecule has 0 aliphatic carbocycles. The number of nitrogens with two attached hydrogens (primary N) is 1. The Morgan fingerprint density at radius 1 is 1.45 bits per heavy atom. The van der Waals surface area contributed by atoms with Crippen molar-refractivity contribution in [2.45, 2.75) is 43.3 Å². The maximum absolute atomic E-state index is 11.6. The van der Waals surface area contributed by atoms with Gasteiger partial charge in [-0.05, 0) is 6.42 Å². The van der Waals surface area contributed by atoms with Gasteiger partial charge < -0.3 is 36.2 Å². The molecule has 0 radical (unpaired) electrons. The predicted octanol–water partition coefficient (Wildman–Crippen LogP) is -3.79. The third-order valence-corrected chi connectivity index (χ3v) is 3.11. The number of esters is 1. The SMILES string of the molecule is NC(=O)CC[C@@H]1NC[C@H]([C@@H](O)[C@H](O)[C@H](O)CO)OC1=O. The van der Waals surface area contributed by atoms with Crippen molar-refractivity contribution in [2.75, 3.05) is 13.2 Å². The van der Waals surface area contributed by atoms with Crippen LogP contribution in [0.1, 0.15) is 12.8 Å². The molecule has 7 N–H and O–H groups in total. The Labute approximate surface area is 115 Å². The minimum atomic E-state index is -1.64. The molecule has 0 aromatic carbocycles. The highest BCUT2D eigenvalue weighted by Gasteiger charge is 2.38. The number of rotatable bonds is 7. The predicted molar refractivity (Wildman–Crippen MR) is 65.2 cm³/mol. The summed E-state index contributed by atoms with van der Waals surface area (Å²) in [5.74, 6) is -1.21. The first-order chi connectivity index (χ1) is 9.36. The molecule has 0 unspecified atom stereocenters. The fourth-order valence-electron chi connectivity index (χ4n) is 1.87. The van der Waals surface area contributed by atoms with E-state index in [4.69, 9.17) is 15.6 Å². The zero-order valence-electron chi connectivity index (χ0n) is 10.8. The van der Waals surface area contributed by atoms with Gasteiger partial charge >= 0.3 is 5.97 Å². The number of aliphatic hydroxyl groups excluding tert-OH is 4. The molecule has 116 valence electrons. The van der Waals surface area contributed by atoms with Crippen molar-refractivity contribution in [1.29, 1.82) is 0 Å². The zero-order chi connectivity index (χ0) is 15.3. The van der Waals surface area contributed by atoms with Crippen molar-refractivity contribution in [1.82, 2.24) is 5.32 Å². The Bertz CT molecular complexity index is 352. The quantitative estimate of drug-likeness (QED) is 0.260. The van der Waals surface area contributed by atoms with Crippen molar-refractivity contribution in [3.63, 3.8) is 0 Å². The first-order valence-corrected chi connectivity index (χ1v) is 6.24. The van der Waals surface area contributed by atoms with Gasteiger partial charge in [-0.25, -0.2) is 0 Å². The Kier molecular flexibility index (Phi) is 6.30. The van der Waals surface area contributed by atoms with Crippen LogP contribution in [0.3, 0.4) is 0 Å². The summed E-state index contributed by atoms with van der Waals surface area (Å²) in [5.41, 5.74) is 4.98. The van der Waals surface area contributed by atoms with E-state index >= 15 is 0 Å². The molecule has 1 fully saturated rings. The molecule has 1 amide bonds. The minimum absolute atomic E-state index is 0.0197. The van der Waals surface area contributed by atoms with Crippen molar-refractivity contribution in [2.24, 2.45) is 5.73 Å². The fraction of sp³-hybridized carbons (Fsp3) is 0.818. The van der Waals surface area contributed by atoms with E-state index < -0.39 is 48.9 Å². The fourth-order valence-corrected chi connectivity index (χ4v) is 1.87. The monoisotopic (exact) mass is 292 g/mol. The molecule has 9 nitrogen and oxygen atoms in total. The summed E-state index contributed by atoms with van der Waals surface area (Å²) in [6.45, 7) is -0.681. The molecule has 0 spiro atoms. The summed E-state index contributed by atoms with van der Waals surface area (Å²) in [6, 6.07) is -0.703. The van der Waals surface area contributed by atoms with Crippen LogP contribution in [-0.4, -0.2) is 75.9 Å². The highest BCUT2D eigenvalue weighted by molar-refractivity contribution is 5.79. The van der Waals surface area contributed by atoms with E-state index in [1.165, 1.54) is 0 Å². The highest BCUT2D eigenvalue weighted by atomic mass is 16.6. The smallest absolute Gasteiger partial charge is 0.323 e. The second-order valence-electron chi connectivity index (χ2n) is 4.67. The van der Waals surface area contributed by atoms with Crippen molar-refractivity contribution < 1.29 is 34.8 Å². The van der Waals surface area contributed by atoms with Gasteiger partial charge in [-0.1, -0.05) is 0 Å². The number of aliphatic hydroxyl groups is 4. The van der Waals surface area contributed by atoms with E-state index in [-0.39, 0.29) is 19.4 Å². The van der Waals surface area contributed by atoms with Crippen molar-refractivity contribution in [3.8, 4) is 0 Å². The van der Waals surface area contributed by atoms with Gasteiger partial charge in [-0.15, -0.1) is 0 Å². The molecule has 9 heteroatoms. The Morgan fingerprint density at radius 3 is 2.60 bits per heavy atom. The van der Waals surface area contributed by atoms with Crippen LogP contribution < -0.4 is 11.1 Å². The number of carbonyl (C=O) groups excluding carboxylic acids is 2. The van der Waals surface area contributed by atoms with Crippen molar-refractivity contribution in [3.05, 3.63) is 0 Å². The van der Waals surface area contributed by atoms with E-state index in [9.17, 15) is 24.9 Å². The topological polar surface area (TPSA) is 162 Å². The molecular weight excluding hydrogens is 272 g/mol. The molecule has 1 aliphatic heterocycles. The normalized spacial score (nSPS) is 27.5. The Hall–Kier alpha value is -1.26. The van der Waals surface area contributed by atoms with Crippen LogP contribution in [-0.2, 0) is 14.3 Å². The molecule has 0 aromatic rings. The van der Waals surface area contributed by atoms with Gasteiger partial charge in [0.25, 0.3) is 0 Å². The number of ether oxygens (including phenoxy) is 1. The largest absolute Gasteiger partial charge is 0.457 e. The molecule has 0 aromatic heterocycles. The van der Waals surface area contributed by atoms with Crippen LogP contribution in [0.15, 0.2) is 0 Å². The van der Waals surface area contributed by atoms with Crippen LogP contribution in [0, 0.1) is 0 Å². The van der Waals surface area contributed by atoms with Gasteiger partial charge in [0.1, 0.15) is 30.5 Å². The molecule has 1 heterocycles. The third kappa shape index (κ3) is 4.39. The van der Waals surface area contributed by atoms with E-state index in [0.29, 0.717) is 0 Å². The maximum atomic E-state index is 11.6. The highest BCUT2D eigenvalue weighted by Crippen LogP contribution is 2.14. The van der Waals surface area contributed by atoms with Gasteiger partial charge in [-0.3, -0.25) is 9.59 Å². The number of primary amides is 1. The lowest BCUT2D eigenvalue weighted by atomic mass is 10.0. The molecule has 20 heavy (non-hydrogen) atoms. The van der Waals surface area contributed by atoms with Crippen LogP contribution in [0.5, 0.6) is 0 Å². The van der Waals surface area contributed by atoms with Crippen LogP contribution in [0.2, 0.25) is 0 Å². The molecule has 5 atom stereocenters. The van der Waals surface area contributed by atoms with E-state index in [0.717, 1.165) is 0 Å². The number of nitrogens with one attached hydrogen (secondary N) is 1. The molecule has 1 aliphatic rings. The number of hydrogen-bond acceptors (Lipinski definition) is 8. The van der Waals surface area contributed by atoms with Gasteiger partial charge in [0.15, 0.2) is 0 Å². The number of hydrogen-bond donors (Lipinski definition) is 6. The average molecular weight is 292 g/mol. The summed E-state index contributed by atoms with van der Waals surface area (Å²) >= 11 is 0. The number of cyclic esters (lactones) is 1. The Balaban J connectivity index is 2.50. The van der Waals surface area contributed by atoms with E-state index in [1.807, 2.05) is 0 Å². The van der Waals surface area contributed by atoms with Crippen LogP contribution >= 0.6 is 0 Å². The van der Waals surface area contributed by atoms with Crippen LogP contribution in [0.25, 0.3) is 0 Å². The van der Waals surface area contributed by atoms with Crippen LogP contribution in [0.4, 0.5) is 0 Å². The molecule has 1 rings (SSSR count). The standard InChI is InChI=1S/C11H20N2O7/c12-8(16)2-1-5-11(19)20-7(3-13-5)10(18)9(17)6(15)4-14/h5-7,9-10,13-15,17-18H,1-4H2,(H2,12,16)/t5-,6+,7+,9+,10+/m0/s1. The summed E-state index contributed by atoms with van der Waals surface area (Å²) in [4.78, 5) is 22.3.